The van der Waals surface area contributed by atoms with Crippen LogP contribution in [0.1, 0.15) is 40.5 Å². The quantitative estimate of drug-likeness (QED) is 0.911. The second-order valence-electron chi connectivity index (χ2n) is 5.41. The van der Waals surface area contributed by atoms with Crippen molar-refractivity contribution >= 4 is 0 Å². The van der Waals surface area contributed by atoms with Gasteiger partial charge in [0.15, 0.2) is 0 Å². The molecule has 1 aliphatic rings. The minimum absolute atomic E-state index is 0.465. The molecule has 2 heteroatoms. The van der Waals surface area contributed by atoms with Gasteiger partial charge < -0.3 is 5.11 Å². The molecule has 1 unspecified atom stereocenters. The van der Waals surface area contributed by atoms with E-state index in [0.717, 1.165) is 11.3 Å². The summed E-state index contributed by atoms with van der Waals surface area (Å²) >= 11 is 0. The topological polar surface area (TPSA) is 33.1 Å². The van der Waals surface area contributed by atoms with Crippen LogP contribution in [0, 0.1) is 6.92 Å². The molecule has 98 valence electrons. The Morgan fingerprint density at radius 1 is 1.16 bits per heavy atom. The first-order valence-corrected chi connectivity index (χ1v) is 6.93. The predicted octanol–water partition coefficient (Wildman–Crippen LogP) is 3.15. The highest BCUT2D eigenvalue weighted by Gasteiger charge is 2.13. The van der Waals surface area contributed by atoms with Gasteiger partial charge in [0.1, 0.15) is 0 Å². The van der Waals surface area contributed by atoms with E-state index in [9.17, 15) is 5.11 Å². The van der Waals surface area contributed by atoms with Gasteiger partial charge in [0, 0.05) is 18.3 Å². The number of hydrogen-bond donors (Lipinski definition) is 1. The fourth-order valence-corrected chi connectivity index (χ4v) is 2.77. The van der Waals surface area contributed by atoms with Crippen molar-refractivity contribution in [3.8, 4) is 0 Å². The van der Waals surface area contributed by atoms with Crippen LogP contribution in [0.25, 0.3) is 0 Å². The van der Waals surface area contributed by atoms with Crippen LogP contribution < -0.4 is 0 Å². The van der Waals surface area contributed by atoms with Crippen molar-refractivity contribution in [3.63, 3.8) is 0 Å². The Morgan fingerprint density at radius 2 is 2.00 bits per heavy atom. The number of pyridine rings is 1. The largest absolute Gasteiger partial charge is 0.388 e. The number of aromatic nitrogens is 1. The van der Waals surface area contributed by atoms with Crippen LogP contribution in [-0.2, 0) is 19.3 Å². The zero-order valence-electron chi connectivity index (χ0n) is 11.3. The minimum atomic E-state index is -0.465. The third-order valence-electron chi connectivity index (χ3n) is 3.91. The number of aliphatic hydroxyl groups is 1. The molecule has 1 heterocycles. The molecule has 19 heavy (non-hydrogen) atoms. The van der Waals surface area contributed by atoms with Gasteiger partial charge in [0.05, 0.1) is 6.10 Å². The Bertz CT molecular complexity index is 574. The van der Waals surface area contributed by atoms with E-state index in [0.29, 0.717) is 6.42 Å². The smallest absolute Gasteiger partial charge is 0.0845 e. The van der Waals surface area contributed by atoms with Crippen molar-refractivity contribution in [2.24, 2.45) is 0 Å². The van der Waals surface area contributed by atoms with E-state index >= 15 is 0 Å². The Hall–Kier alpha value is -1.67. The molecule has 1 atom stereocenters. The lowest BCUT2D eigenvalue weighted by Gasteiger charge is -2.12. The summed E-state index contributed by atoms with van der Waals surface area (Å²) in [6.45, 7) is 1.96. The van der Waals surface area contributed by atoms with E-state index in [1.807, 2.05) is 19.1 Å². The Kier molecular flexibility index (Phi) is 3.34. The van der Waals surface area contributed by atoms with Crippen LogP contribution in [-0.4, -0.2) is 10.1 Å². The highest BCUT2D eigenvalue weighted by Crippen LogP contribution is 2.25. The molecule has 0 saturated heterocycles. The molecule has 1 aromatic carbocycles. The Morgan fingerprint density at radius 3 is 2.79 bits per heavy atom. The summed E-state index contributed by atoms with van der Waals surface area (Å²) in [5.74, 6) is 0. The summed E-state index contributed by atoms with van der Waals surface area (Å²) in [5.41, 5.74) is 6.04. The third kappa shape index (κ3) is 2.69. The fraction of sp³-hybridized carbons (Fsp3) is 0.353. The van der Waals surface area contributed by atoms with Gasteiger partial charge in [-0.15, -0.1) is 0 Å². The van der Waals surface area contributed by atoms with Crippen molar-refractivity contribution in [2.75, 3.05) is 0 Å². The SMILES string of the molecule is Cc1ccc(C(O)Cc2ccc3c(c2)CCC3)cn1. The van der Waals surface area contributed by atoms with Gasteiger partial charge in [-0.3, -0.25) is 4.98 Å². The molecule has 2 nitrogen and oxygen atoms in total. The van der Waals surface area contributed by atoms with E-state index in [4.69, 9.17) is 0 Å². The summed E-state index contributed by atoms with van der Waals surface area (Å²) < 4.78 is 0. The Balaban J connectivity index is 1.75. The number of hydrogen-bond acceptors (Lipinski definition) is 2. The van der Waals surface area contributed by atoms with Gasteiger partial charge in [-0.05, 0) is 54.5 Å². The van der Waals surface area contributed by atoms with Crippen LogP contribution in [0.4, 0.5) is 0 Å². The van der Waals surface area contributed by atoms with Gasteiger partial charge in [-0.1, -0.05) is 24.3 Å². The molecule has 0 bridgehead atoms. The standard InChI is InChI=1S/C17H19NO/c1-12-5-7-16(11-18-12)17(19)10-13-6-8-14-3-2-4-15(14)9-13/h5-9,11,17,19H,2-4,10H2,1H3. The second-order valence-corrected chi connectivity index (χ2v) is 5.41. The minimum Gasteiger partial charge on any atom is -0.388 e. The van der Waals surface area contributed by atoms with Crippen molar-refractivity contribution in [1.82, 2.24) is 4.98 Å². The maximum absolute atomic E-state index is 10.3. The molecule has 0 aliphatic heterocycles. The highest BCUT2D eigenvalue weighted by atomic mass is 16.3. The van der Waals surface area contributed by atoms with Crippen molar-refractivity contribution < 1.29 is 5.11 Å². The molecule has 3 rings (SSSR count). The van der Waals surface area contributed by atoms with Crippen LogP contribution >= 0.6 is 0 Å². The first-order chi connectivity index (χ1) is 9.22. The highest BCUT2D eigenvalue weighted by molar-refractivity contribution is 5.36. The molecule has 1 aliphatic carbocycles. The molecule has 0 fully saturated rings. The summed E-state index contributed by atoms with van der Waals surface area (Å²) in [7, 11) is 0. The van der Waals surface area contributed by atoms with E-state index < -0.39 is 6.10 Å². The number of nitrogens with zero attached hydrogens (tertiary/aromatic N) is 1. The molecule has 0 amide bonds. The van der Waals surface area contributed by atoms with E-state index in [2.05, 4.69) is 23.2 Å². The first kappa shape index (κ1) is 12.4. The first-order valence-electron chi connectivity index (χ1n) is 6.93. The molecule has 2 aromatic rings. The molecular weight excluding hydrogens is 234 g/mol. The van der Waals surface area contributed by atoms with Gasteiger partial charge in [0.2, 0.25) is 0 Å². The van der Waals surface area contributed by atoms with E-state index in [-0.39, 0.29) is 0 Å². The molecule has 0 radical (unpaired) electrons. The average molecular weight is 253 g/mol. The van der Waals surface area contributed by atoms with Gasteiger partial charge in [0.25, 0.3) is 0 Å². The normalized spacial score (nSPS) is 15.3. The molecule has 1 N–H and O–H groups in total. The summed E-state index contributed by atoms with van der Waals surface area (Å²) in [4.78, 5) is 4.24. The lowest BCUT2D eigenvalue weighted by atomic mass is 9.99. The van der Waals surface area contributed by atoms with Gasteiger partial charge in [-0.25, -0.2) is 0 Å². The molecule has 0 saturated carbocycles. The lowest BCUT2D eigenvalue weighted by Crippen LogP contribution is -2.03. The molecular formula is C17H19NO. The number of aliphatic hydroxyl groups excluding tert-OH is 1. The van der Waals surface area contributed by atoms with E-state index in [1.165, 1.54) is 36.0 Å². The summed E-state index contributed by atoms with van der Waals surface area (Å²) in [5, 5.41) is 10.3. The van der Waals surface area contributed by atoms with Crippen LogP contribution in [0.3, 0.4) is 0 Å². The monoisotopic (exact) mass is 253 g/mol. The second kappa shape index (κ2) is 5.14. The predicted molar refractivity (Wildman–Crippen MR) is 76.1 cm³/mol. The van der Waals surface area contributed by atoms with Crippen molar-refractivity contribution in [1.29, 1.82) is 0 Å². The average Bonchev–Trinajstić information content (AvgIpc) is 2.87. The van der Waals surface area contributed by atoms with Gasteiger partial charge >= 0.3 is 0 Å². The maximum atomic E-state index is 10.3. The maximum Gasteiger partial charge on any atom is 0.0845 e. The number of rotatable bonds is 3. The van der Waals surface area contributed by atoms with Gasteiger partial charge in [-0.2, -0.15) is 0 Å². The summed E-state index contributed by atoms with van der Waals surface area (Å²) in [6, 6.07) is 10.5. The van der Waals surface area contributed by atoms with Crippen LogP contribution in [0.5, 0.6) is 0 Å². The zero-order chi connectivity index (χ0) is 13.2. The lowest BCUT2D eigenvalue weighted by molar-refractivity contribution is 0.178. The van der Waals surface area contributed by atoms with Crippen LogP contribution in [0.2, 0.25) is 0 Å². The number of benzene rings is 1. The summed E-state index contributed by atoms with van der Waals surface area (Å²) in [6.07, 6.45) is 5.63. The van der Waals surface area contributed by atoms with Crippen LogP contribution in [0.15, 0.2) is 36.5 Å². The van der Waals surface area contributed by atoms with Crippen molar-refractivity contribution in [3.05, 3.63) is 64.5 Å². The van der Waals surface area contributed by atoms with Crippen molar-refractivity contribution in [2.45, 2.75) is 38.7 Å². The zero-order valence-corrected chi connectivity index (χ0v) is 11.3. The van der Waals surface area contributed by atoms with E-state index in [1.54, 1.807) is 6.20 Å². The Labute approximate surface area is 114 Å². The third-order valence-corrected chi connectivity index (χ3v) is 3.91. The molecule has 1 aromatic heterocycles. The fourth-order valence-electron chi connectivity index (χ4n) is 2.77. The molecule has 0 spiro atoms. The number of fused-ring (bicyclic) bond motifs is 1. The number of aryl methyl sites for hydroxylation is 3.